The summed E-state index contributed by atoms with van der Waals surface area (Å²) in [5.41, 5.74) is 9.50. The molecule has 11 aromatic rings. The number of fused-ring (bicyclic) bond motifs is 9. The Labute approximate surface area is 308 Å². The number of halogens is 1. The van der Waals surface area contributed by atoms with Crippen LogP contribution in [-0.2, 0) is 0 Å². The molecule has 0 bridgehead atoms. The number of thiophene rings is 1. The van der Waals surface area contributed by atoms with Crippen molar-refractivity contribution in [3.05, 3.63) is 188 Å². The highest BCUT2D eigenvalue weighted by Gasteiger charge is 2.26. The largest absolute Gasteiger partial charge is 0.309 e. The highest BCUT2D eigenvalue weighted by molar-refractivity contribution is 7.26. The molecular formula is C48H30FN3S. The molecule has 0 aliphatic carbocycles. The highest BCUT2D eigenvalue weighted by atomic mass is 32.1. The molecule has 0 aliphatic rings. The molecule has 8 aromatic carbocycles. The van der Waals surface area contributed by atoms with Crippen molar-refractivity contribution in [1.82, 2.24) is 9.13 Å². The number of nitrogens with zero attached hydrogens (tertiary/aromatic N) is 3. The molecule has 3 aromatic heterocycles. The first-order valence-corrected chi connectivity index (χ1v) is 18.6. The third-order valence-corrected chi connectivity index (χ3v) is 11.7. The first kappa shape index (κ1) is 30.0. The van der Waals surface area contributed by atoms with Crippen molar-refractivity contribution in [3.8, 4) is 11.4 Å². The smallest absolute Gasteiger partial charge is 0.125 e. The Morgan fingerprint density at radius 1 is 0.377 bits per heavy atom. The van der Waals surface area contributed by atoms with Crippen LogP contribution in [-0.4, -0.2) is 9.13 Å². The highest BCUT2D eigenvalue weighted by Crippen LogP contribution is 2.51. The van der Waals surface area contributed by atoms with Crippen molar-refractivity contribution in [2.45, 2.75) is 0 Å². The van der Waals surface area contributed by atoms with Gasteiger partial charge in [-0.25, -0.2) is 4.39 Å². The molecular weight excluding hydrogens is 670 g/mol. The van der Waals surface area contributed by atoms with Gasteiger partial charge in [-0.15, -0.1) is 11.3 Å². The number of hydrogen-bond donors (Lipinski definition) is 0. The van der Waals surface area contributed by atoms with E-state index in [1.54, 1.807) is 12.1 Å². The van der Waals surface area contributed by atoms with Gasteiger partial charge in [-0.05, 0) is 84.9 Å². The third-order valence-electron chi connectivity index (χ3n) is 10.5. The molecule has 0 fully saturated rings. The van der Waals surface area contributed by atoms with E-state index in [1.165, 1.54) is 37.0 Å². The van der Waals surface area contributed by atoms with Crippen LogP contribution in [0.4, 0.5) is 21.5 Å². The maximum Gasteiger partial charge on any atom is 0.125 e. The van der Waals surface area contributed by atoms with E-state index in [0.29, 0.717) is 0 Å². The predicted octanol–water partition coefficient (Wildman–Crippen LogP) is 13.9. The number of anilines is 3. The molecule has 0 saturated heterocycles. The van der Waals surface area contributed by atoms with E-state index in [0.717, 1.165) is 61.3 Å². The zero-order chi connectivity index (χ0) is 35.0. The maximum absolute atomic E-state index is 14.8. The van der Waals surface area contributed by atoms with E-state index >= 15 is 0 Å². The molecule has 0 unspecified atom stereocenters. The lowest BCUT2D eigenvalue weighted by molar-refractivity contribution is 0.627. The molecule has 250 valence electrons. The lowest BCUT2D eigenvalue weighted by Crippen LogP contribution is -2.11. The summed E-state index contributed by atoms with van der Waals surface area (Å²) < 4.78 is 21.9. The van der Waals surface area contributed by atoms with Gasteiger partial charge in [-0.3, -0.25) is 0 Å². The summed E-state index contributed by atoms with van der Waals surface area (Å²) in [4.78, 5) is 2.48. The molecule has 5 heteroatoms. The topological polar surface area (TPSA) is 13.1 Å². The van der Waals surface area contributed by atoms with Crippen molar-refractivity contribution >= 4 is 92.2 Å². The number of hydrogen-bond acceptors (Lipinski definition) is 2. The molecule has 0 spiro atoms. The van der Waals surface area contributed by atoms with Gasteiger partial charge in [-0.2, -0.15) is 0 Å². The van der Waals surface area contributed by atoms with E-state index < -0.39 is 0 Å². The van der Waals surface area contributed by atoms with Gasteiger partial charge in [0.1, 0.15) is 5.82 Å². The Balaban J connectivity index is 1.32. The van der Waals surface area contributed by atoms with Crippen molar-refractivity contribution in [2.75, 3.05) is 4.90 Å². The number of benzene rings is 8. The van der Waals surface area contributed by atoms with Crippen LogP contribution in [0.2, 0.25) is 0 Å². The van der Waals surface area contributed by atoms with Gasteiger partial charge in [0.25, 0.3) is 0 Å². The summed E-state index contributed by atoms with van der Waals surface area (Å²) in [6, 6.07) is 63.4. The van der Waals surface area contributed by atoms with Crippen molar-refractivity contribution in [3.63, 3.8) is 0 Å². The summed E-state index contributed by atoms with van der Waals surface area (Å²) in [6.45, 7) is 0. The number of aromatic nitrogens is 2. The fraction of sp³-hybridized carbons (Fsp3) is 0. The van der Waals surface area contributed by atoms with Gasteiger partial charge >= 0.3 is 0 Å². The summed E-state index contributed by atoms with van der Waals surface area (Å²) in [7, 11) is 0. The van der Waals surface area contributed by atoms with E-state index in [9.17, 15) is 4.39 Å². The van der Waals surface area contributed by atoms with Crippen LogP contribution in [0.25, 0.3) is 75.2 Å². The Morgan fingerprint density at radius 3 is 1.51 bits per heavy atom. The molecule has 3 nitrogen and oxygen atoms in total. The van der Waals surface area contributed by atoms with E-state index in [2.05, 4.69) is 172 Å². The zero-order valence-corrected chi connectivity index (χ0v) is 29.3. The standard InChI is InChI=1S/C48H30FN3S/c49-31-14-10-17-33(30-31)51-38-22-8-5-19-35(38)47-40(51)24-12-26-42(47)52(43-27-13-29-45-48(43)36-20-6-9-28-44(36)53-45)41-25-11-23-39-46(41)34-18-4-7-21-37(34)50(39)32-15-2-1-3-16-32/h1-30H. The molecule has 0 radical (unpaired) electrons. The molecule has 0 saturated carbocycles. The van der Waals surface area contributed by atoms with E-state index in [-0.39, 0.29) is 5.82 Å². The van der Waals surface area contributed by atoms with E-state index in [4.69, 9.17) is 0 Å². The van der Waals surface area contributed by atoms with Crippen molar-refractivity contribution in [2.24, 2.45) is 0 Å². The molecule has 0 atom stereocenters. The zero-order valence-electron chi connectivity index (χ0n) is 28.4. The Hall–Kier alpha value is -6.69. The second kappa shape index (κ2) is 11.7. The Bertz CT molecular complexity index is 3210. The molecule has 53 heavy (non-hydrogen) atoms. The summed E-state index contributed by atoms with van der Waals surface area (Å²) in [6.07, 6.45) is 0. The first-order chi connectivity index (χ1) is 26.2. The van der Waals surface area contributed by atoms with Crippen LogP contribution in [0.15, 0.2) is 182 Å². The van der Waals surface area contributed by atoms with Gasteiger partial charge in [-0.1, -0.05) is 97.1 Å². The van der Waals surface area contributed by atoms with Crippen LogP contribution >= 0.6 is 11.3 Å². The quantitative estimate of drug-likeness (QED) is 0.174. The fourth-order valence-electron chi connectivity index (χ4n) is 8.45. The Kier molecular flexibility index (Phi) is 6.60. The second-order valence-electron chi connectivity index (χ2n) is 13.4. The van der Waals surface area contributed by atoms with E-state index in [1.807, 2.05) is 17.4 Å². The number of rotatable bonds is 5. The molecule has 3 heterocycles. The minimum absolute atomic E-state index is 0.260. The minimum atomic E-state index is -0.260. The second-order valence-corrected chi connectivity index (χ2v) is 14.5. The van der Waals surface area contributed by atoms with Crippen LogP contribution < -0.4 is 4.90 Å². The SMILES string of the molecule is Fc1cccc(-n2c3ccccc3c3c(N(c4cccc5sc6ccccc6c45)c4cccc5c4c4ccccc4n5-c4ccccc4)cccc32)c1. The molecule has 0 aliphatic heterocycles. The average Bonchev–Trinajstić information content (AvgIpc) is 3.87. The van der Waals surface area contributed by atoms with Gasteiger partial charge in [0.2, 0.25) is 0 Å². The van der Waals surface area contributed by atoms with Crippen LogP contribution in [0.1, 0.15) is 0 Å². The average molecular weight is 700 g/mol. The molecule has 0 amide bonds. The summed E-state index contributed by atoms with van der Waals surface area (Å²) in [5, 5.41) is 7.03. The lowest BCUT2D eigenvalue weighted by Gasteiger charge is -2.28. The van der Waals surface area contributed by atoms with Gasteiger partial charge in [0, 0.05) is 53.1 Å². The first-order valence-electron chi connectivity index (χ1n) is 17.8. The van der Waals surface area contributed by atoms with Crippen molar-refractivity contribution < 1.29 is 4.39 Å². The van der Waals surface area contributed by atoms with Crippen molar-refractivity contribution in [1.29, 1.82) is 0 Å². The van der Waals surface area contributed by atoms with Crippen LogP contribution in [0, 0.1) is 5.82 Å². The van der Waals surface area contributed by atoms with Gasteiger partial charge < -0.3 is 14.0 Å². The molecule has 11 rings (SSSR count). The maximum atomic E-state index is 14.8. The summed E-state index contributed by atoms with van der Waals surface area (Å²) >= 11 is 1.83. The normalized spacial score (nSPS) is 11.9. The lowest BCUT2D eigenvalue weighted by atomic mass is 10.0. The monoisotopic (exact) mass is 699 g/mol. The van der Waals surface area contributed by atoms with Gasteiger partial charge in [0.05, 0.1) is 39.1 Å². The number of para-hydroxylation sites is 3. The minimum Gasteiger partial charge on any atom is -0.309 e. The van der Waals surface area contributed by atoms with Crippen LogP contribution in [0.5, 0.6) is 0 Å². The third kappa shape index (κ3) is 4.44. The summed E-state index contributed by atoms with van der Waals surface area (Å²) in [5.74, 6) is -0.260. The van der Waals surface area contributed by atoms with Crippen LogP contribution in [0.3, 0.4) is 0 Å². The predicted molar refractivity (Wildman–Crippen MR) is 223 cm³/mol. The Morgan fingerprint density at radius 2 is 0.849 bits per heavy atom. The molecule has 0 N–H and O–H groups in total. The van der Waals surface area contributed by atoms with Gasteiger partial charge in [0.15, 0.2) is 0 Å². The fourth-order valence-corrected chi connectivity index (χ4v) is 9.58.